The Hall–Kier alpha value is -1.09. The van der Waals surface area contributed by atoms with Crippen molar-refractivity contribution in [3.05, 3.63) is 17.5 Å². The maximum Gasteiger partial charge on any atom is 0.441 e. The van der Waals surface area contributed by atoms with Gasteiger partial charge in [-0.25, -0.2) is 9.97 Å². The van der Waals surface area contributed by atoms with Gasteiger partial charge in [0.2, 0.25) is 5.95 Å². The summed E-state index contributed by atoms with van der Waals surface area (Å²) in [6.45, 7) is 1.82. The number of rotatable bonds is 5. The van der Waals surface area contributed by atoms with Gasteiger partial charge in [-0.05, 0) is 24.8 Å². The van der Waals surface area contributed by atoms with E-state index < -0.39 is 5.51 Å². The molecule has 0 aliphatic rings. The number of aromatic nitrogens is 2. The van der Waals surface area contributed by atoms with Crippen molar-refractivity contribution < 1.29 is 13.2 Å². The molecule has 1 rings (SSSR count). The van der Waals surface area contributed by atoms with E-state index in [1.165, 1.54) is 0 Å². The van der Waals surface area contributed by atoms with E-state index in [1.807, 2.05) is 0 Å². The number of thioether (sulfide) groups is 1. The topological polar surface area (TPSA) is 63.8 Å². The second-order valence-electron chi connectivity index (χ2n) is 3.30. The Bertz CT molecular complexity index is 436. The second-order valence-corrected chi connectivity index (χ2v) is 4.90. The van der Waals surface area contributed by atoms with Gasteiger partial charge in [-0.15, -0.1) is 0 Å². The van der Waals surface area contributed by atoms with E-state index in [4.69, 9.17) is 18.0 Å². The first-order valence-corrected chi connectivity index (χ1v) is 6.27. The highest BCUT2D eigenvalue weighted by atomic mass is 32.2. The van der Waals surface area contributed by atoms with Crippen molar-refractivity contribution in [1.29, 1.82) is 0 Å². The molecule has 1 aromatic heterocycles. The Labute approximate surface area is 112 Å². The molecule has 4 nitrogen and oxygen atoms in total. The summed E-state index contributed by atoms with van der Waals surface area (Å²) in [7, 11) is 0. The van der Waals surface area contributed by atoms with E-state index in [0.717, 1.165) is 0 Å². The number of anilines is 1. The zero-order valence-electron chi connectivity index (χ0n) is 9.41. The average Bonchev–Trinajstić information content (AvgIpc) is 2.22. The van der Waals surface area contributed by atoms with Crippen molar-refractivity contribution >= 4 is 34.9 Å². The Kier molecular flexibility index (Phi) is 5.15. The van der Waals surface area contributed by atoms with E-state index >= 15 is 0 Å². The third kappa shape index (κ3) is 5.50. The fourth-order valence-electron chi connectivity index (χ4n) is 1.10. The van der Waals surface area contributed by atoms with Crippen LogP contribution in [-0.4, -0.2) is 32.8 Å². The molecule has 1 aromatic rings. The van der Waals surface area contributed by atoms with Gasteiger partial charge in [0.05, 0.1) is 0 Å². The zero-order valence-corrected chi connectivity index (χ0v) is 11.0. The van der Waals surface area contributed by atoms with Crippen LogP contribution in [0.5, 0.6) is 0 Å². The molecule has 0 aliphatic carbocycles. The van der Waals surface area contributed by atoms with Gasteiger partial charge in [0.15, 0.2) is 0 Å². The van der Waals surface area contributed by atoms with Gasteiger partial charge in [-0.2, -0.15) is 13.2 Å². The van der Waals surface area contributed by atoms with E-state index in [2.05, 4.69) is 15.3 Å². The smallest absolute Gasteiger partial charge is 0.388 e. The summed E-state index contributed by atoms with van der Waals surface area (Å²) in [6, 6.07) is 1.61. The molecular weight excluding hydrogens is 285 g/mol. The maximum absolute atomic E-state index is 11.9. The third-order valence-corrected chi connectivity index (χ3v) is 2.70. The maximum atomic E-state index is 11.9. The van der Waals surface area contributed by atoms with Gasteiger partial charge < -0.3 is 11.1 Å². The highest BCUT2D eigenvalue weighted by Gasteiger charge is 2.27. The molecule has 0 unspecified atom stereocenters. The molecule has 0 spiro atoms. The minimum Gasteiger partial charge on any atom is -0.388 e. The molecule has 0 saturated heterocycles. The highest BCUT2D eigenvalue weighted by Crippen LogP contribution is 2.29. The molecule has 0 atom stereocenters. The van der Waals surface area contributed by atoms with Gasteiger partial charge in [0.25, 0.3) is 0 Å². The summed E-state index contributed by atoms with van der Waals surface area (Å²) in [5.74, 6) is 0.101. The van der Waals surface area contributed by atoms with Crippen LogP contribution in [0.2, 0.25) is 0 Å². The van der Waals surface area contributed by atoms with E-state index in [0.29, 0.717) is 11.4 Å². The first-order valence-electron chi connectivity index (χ1n) is 4.88. The molecule has 100 valence electrons. The molecule has 0 radical (unpaired) electrons. The van der Waals surface area contributed by atoms with Crippen molar-refractivity contribution in [2.24, 2.45) is 5.73 Å². The van der Waals surface area contributed by atoms with Gasteiger partial charge in [0.1, 0.15) is 10.7 Å². The summed E-state index contributed by atoms with van der Waals surface area (Å²) in [6.07, 6.45) is 0. The van der Waals surface area contributed by atoms with Crippen LogP contribution in [0.1, 0.15) is 11.4 Å². The zero-order chi connectivity index (χ0) is 13.8. The van der Waals surface area contributed by atoms with Crippen LogP contribution in [0.3, 0.4) is 0 Å². The summed E-state index contributed by atoms with van der Waals surface area (Å²) in [5.41, 5.74) is 2.23. The van der Waals surface area contributed by atoms with Crippen molar-refractivity contribution in [3.8, 4) is 0 Å². The summed E-state index contributed by atoms with van der Waals surface area (Å²) in [4.78, 5) is 8.13. The van der Waals surface area contributed by atoms with Crippen molar-refractivity contribution in [1.82, 2.24) is 9.97 Å². The Balaban J connectivity index is 2.55. The SMILES string of the molecule is Cc1cc(C(N)=S)nc(NCCSC(F)(F)F)n1. The predicted molar refractivity (Wildman–Crippen MR) is 69.7 cm³/mol. The number of aryl methyl sites for hydroxylation is 1. The Morgan fingerprint density at radius 3 is 2.72 bits per heavy atom. The van der Waals surface area contributed by atoms with Crippen LogP contribution in [0.4, 0.5) is 19.1 Å². The van der Waals surface area contributed by atoms with Gasteiger partial charge in [0, 0.05) is 18.0 Å². The predicted octanol–water partition coefficient (Wildman–Crippen LogP) is 2.08. The van der Waals surface area contributed by atoms with Crippen molar-refractivity contribution in [3.63, 3.8) is 0 Å². The van der Waals surface area contributed by atoms with Crippen LogP contribution >= 0.6 is 24.0 Å². The molecule has 0 bridgehead atoms. The Morgan fingerprint density at radius 1 is 1.50 bits per heavy atom. The number of nitrogens with one attached hydrogen (secondary N) is 1. The van der Waals surface area contributed by atoms with Gasteiger partial charge in [-0.3, -0.25) is 0 Å². The number of halogens is 3. The molecule has 1 heterocycles. The molecule has 0 aliphatic heterocycles. The first-order chi connectivity index (χ1) is 8.28. The molecule has 0 saturated carbocycles. The normalized spacial score (nSPS) is 11.3. The van der Waals surface area contributed by atoms with Gasteiger partial charge in [-0.1, -0.05) is 12.2 Å². The molecular formula is C9H11F3N4S2. The fraction of sp³-hybridized carbons (Fsp3) is 0.444. The number of hydrogen-bond donors (Lipinski definition) is 2. The van der Waals surface area contributed by atoms with Crippen molar-refractivity contribution in [2.75, 3.05) is 17.6 Å². The number of nitrogens with two attached hydrogens (primary N) is 1. The lowest BCUT2D eigenvalue weighted by molar-refractivity contribution is -0.0327. The lowest BCUT2D eigenvalue weighted by atomic mass is 10.3. The summed E-state index contributed by atoms with van der Waals surface area (Å²) >= 11 is 4.67. The average molecular weight is 296 g/mol. The van der Waals surface area contributed by atoms with Crippen LogP contribution in [0.15, 0.2) is 6.07 Å². The molecule has 0 aromatic carbocycles. The quantitative estimate of drug-likeness (QED) is 0.641. The van der Waals surface area contributed by atoms with E-state index in [-0.39, 0.29) is 35.0 Å². The molecule has 18 heavy (non-hydrogen) atoms. The molecule has 0 fully saturated rings. The van der Waals surface area contributed by atoms with Crippen LogP contribution in [0, 0.1) is 6.92 Å². The monoisotopic (exact) mass is 296 g/mol. The minimum absolute atomic E-state index is 0.101. The Morgan fingerprint density at radius 2 is 2.17 bits per heavy atom. The number of nitrogens with zero attached hydrogens (tertiary/aromatic N) is 2. The number of thiocarbonyl (C=S) groups is 1. The van der Waals surface area contributed by atoms with Crippen LogP contribution in [-0.2, 0) is 0 Å². The third-order valence-electron chi connectivity index (χ3n) is 1.76. The minimum atomic E-state index is -4.22. The van der Waals surface area contributed by atoms with Crippen molar-refractivity contribution in [2.45, 2.75) is 12.4 Å². The lowest BCUT2D eigenvalue weighted by Gasteiger charge is -2.08. The number of alkyl halides is 3. The molecule has 9 heteroatoms. The first kappa shape index (κ1) is 15.0. The van der Waals surface area contributed by atoms with E-state index in [1.54, 1.807) is 13.0 Å². The van der Waals surface area contributed by atoms with Crippen LogP contribution < -0.4 is 11.1 Å². The molecule has 3 N–H and O–H groups in total. The summed E-state index contributed by atoms with van der Waals surface area (Å²) < 4.78 is 35.7. The number of hydrogen-bond acceptors (Lipinski definition) is 5. The second kappa shape index (κ2) is 6.19. The lowest BCUT2D eigenvalue weighted by Crippen LogP contribution is -2.16. The largest absolute Gasteiger partial charge is 0.441 e. The van der Waals surface area contributed by atoms with E-state index in [9.17, 15) is 13.2 Å². The fourth-order valence-corrected chi connectivity index (χ4v) is 1.64. The van der Waals surface area contributed by atoms with Gasteiger partial charge >= 0.3 is 5.51 Å². The highest BCUT2D eigenvalue weighted by molar-refractivity contribution is 8.00. The summed E-state index contributed by atoms with van der Waals surface area (Å²) in [5, 5.41) is 2.70. The standard InChI is InChI=1S/C9H11F3N4S2/c1-5-4-6(7(13)17)16-8(15-5)14-2-3-18-9(10,11)12/h4H,2-3H2,1H3,(H2,13,17)(H,14,15,16). The van der Waals surface area contributed by atoms with Crippen LogP contribution in [0.25, 0.3) is 0 Å². The molecule has 0 amide bonds.